The summed E-state index contributed by atoms with van der Waals surface area (Å²) in [5.74, 6) is 1.11. The lowest BCUT2D eigenvalue weighted by atomic mass is 10.2. The molecule has 0 aliphatic heterocycles. The normalized spacial score (nSPS) is 11.6. The van der Waals surface area contributed by atoms with Gasteiger partial charge in [0.25, 0.3) is 10.0 Å². The first-order chi connectivity index (χ1) is 10.8. The number of hydrogen-bond acceptors (Lipinski definition) is 5. The second-order valence-electron chi connectivity index (χ2n) is 4.93. The molecule has 0 fully saturated rings. The first kappa shape index (κ1) is 16.2. The Kier molecular flexibility index (Phi) is 4.31. The van der Waals surface area contributed by atoms with Gasteiger partial charge in [-0.05, 0) is 42.8 Å². The van der Waals surface area contributed by atoms with Gasteiger partial charge in [0.1, 0.15) is 4.21 Å². The van der Waals surface area contributed by atoms with Gasteiger partial charge in [-0.1, -0.05) is 15.9 Å². The molecule has 0 spiro atoms. The Hall–Kier alpha value is -1.64. The number of aromatic nitrogens is 1. The van der Waals surface area contributed by atoms with E-state index in [4.69, 9.17) is 4.42 Å². The van der Waals surface area contributed by atoms with E-state index in [0.29, 0.717) is 17.3 Å². The van der Waals surface area contributed by atoms with Crippen molar-refractivity contribution in [3.8, 4) is 10.6 Å². The van der Waals surface area contributed by atoms with Crippen LogP contribution in [0.3, 0.4) is 0 Å². The van der Waals surface area contributed by atoms with E-state index in [-0.39, 0.29) is 4.21 Å². The highest BCUT2D eigenvalue weighted by atomic mass is 79.9. The summed E-state index contributed by atoms with van der Waals surface area (Å²) in [6.07, 6.45) is 1.59. The van der Waals surface area contributed by atoms with Crippen LogP contribution in [-0.2, 0) is 10.0 Å². The number of hydrogen-bond donors (Lipinski definition) is 1. The van der Waals surface area contributed by atoms with Crippen molar-refractivity contribution < 1.29 is 12.8 Å². The fourth-order valence-corrected chi connectivity index (χ4v) is 4.53. The summed E-state index contributed by atoms with van der Waals surface area (Å²) in [6.45, 7) is 3.64. The smallest absolute Gasteiger partial charge is 0.271 e. The Balaban J connectivity index is 1.88. The van der Waals surface area contributed by atoms with Crippen molar-refractivity contribution >= 4 is 43.0 Å². The third kappa shape index (κ3) is 3.49. The number of aryl methyl sites for hydroxylation is 2. The third-order valence-corrected chi connectivity index (χ3v) is 6.98. The summed E-state index contributed by atoms with van der Waals surface area (Å²) in [5, 5.41) is 0. The van der Waals surface area contributed by atoms with Crippen LogP contribution in [0.15, 0.2) is 49.6 Å². The van der Waals surface area contributed by atoms with Gasteiger partial charge in [-0.2, -0.15) is 0 Å². The topological polar surface area (TPSA) is 72.2 Å². The maximum absolute atomic E-state index is 12.5. The van der Waals surface area contributed by atoms with Crippen molar-refractivity contribution in [1.29, 1.82) is 0 Å². The van der Waals surface area contributed by atoms with E-state index in [1.807, 2.05) is 13.0 Å². The number of nitrogens with zero attached hydrogens (tertiary/aromatic N) is 1. The second-order valence-corrected chi connectivity index (χ2v) is 8.78. The van der Waals surface area contributed by atoms with Crippen LogP contribution in [0, 0.1) is 13.8 Å². The summed E-state index contributed by atoms with van der Waals surface area (Å²) >= 11 is 4.53. The van der Waals surface area contributed by atoms with Gasteiger partial charge in [-0.3, -0.25) is 4.72 Å². The van der Waals surface area contributed by atoms with Crippen LogP contribution < -0.4 is 4.72 Å². The lowest BCUT2D eigenvalue weighted by molar-refractivity contribution is 0.535. The molecule has 8 heteroatoms. The van der Waals surface area contributed by atoms with E-state index in [2.05, 4.69) is 25.6 Å². The summed E-state index contributed by atoms with van der Waals surface area (Å²) < 4.78 is 34.1. The fraction of sp³-hybridized carbons (Fsp3) is 0.133. The van der Waals surface area contributed by atoms with Crippen LogP contribution in [0.1, 0.15) is 11.5 Å². The number of anilines is 1. The quantitative estimate of drug-likeness (QED) is 0.680. The van der Waals surface area contributed by atoms with E-state index in [1.165, 1.54) is 0 Å². The van der Waals surface area contributed by atoms with Crippen molar-refractivity contribution in [3.05, 3.63) is 52.5 Å². The van der Waals surface area contributed by atoms with Gasteiger partial charge in [0.2, 0.25) is 0 Å². The van der Waals surface area contributed by atoms with Crippen LogP contribution in [-0.4, -0.2) is 13.4 Å². The van der Waals surface area contributed by atoms with E-state index in [0.717, 1.165) is 26.3 Å². The lowest BCUT2D eigenvalue weighted by Crippen LogP contribution is -2.11. The molecule has 1 N–H and O–H groups in total. The molecule has 2 heterocycles. The minimum atomic E-state index is -3.63. The number of thiophene rings is 1. The molecule has 1 aromatic carbocycles. The van der Waals surface area contributed by atoms with E-state index in [1.54, 1.807) is 37.4 Å². The number of benzene rings is 1. The zero-order chi connectivity index (χ0) is 16.6. The molecule has 3 rings (SSSR count). The number of oxazole rings is 1. The van der Waals surface area contributed by atoms with Crippen molar-refractivity contribution in [3.63, 3.8) is 0 Å². The molecular formula is C15H13BrN2O3S2. The van der Waals surface area contributed by atoms with Crippen molar-refractivity contribution in [2.75, 3.05) is 4.72 Å². The largest absolute Gasteiger partial charge is 0.440 e. The highest BCUT2D eigenvalue weighted by Gasteiger charge is 2.19. The molecule has 0 saturated heterocycles. The van der Waals surface area contributed by atoms with Crippen LogP contribution in [0.4, 0.5) is 5.69 Å². The molecule has 3 aromatic rings. The SMILES string of the molecule is Cc1ncc(-c2ccc(S(=O)(=O)Nc3ccc(Br)c(C)c3)s2)o1. The van der Waals surface area contributed by atoms with Crippen LogP contribution in [0.25, 0.3) is 10.6 Å². The minimum absolute atomic E-state index is 0.224. The van der Waals surface area contributed by atoms with Gasteiger partial charge in [-0.25, -0.2) is 13.4 Å². The molecule has 23 heavy (non-hydrogen) atoms. The maximum Gasteiger partial charge on any atom is 0.271 e. The molecular weight excluding hydrogens is 400 g/mol. The highest BCUT2D eigenvalue weighted by Crippen LogP contribution is 2.32. The standard InChI is InChI=1S/C15H13BrN2O3S2/c1-9-7-11(3-4-12(9)16)18-23(19,20)15-6-5-14(22-15)13-8-17-10(2)21-13/h3-8,18H,1-2H3. The number of sulfonamides is 1. The molecule has 0 unspecified atom stereocenters. The highest BCUT2D eigenvalue weighted by molar-refractivity contribution is 9.10. The average Bonchev–Trinajstić information content (AvgIpc) is 3.11. The lowest BCUT2D eigenvalue weighted by Gasteiger charge is -2.07. The first-order valence-electron chi connectivity index (χ1n) is 6.67. The molecule has 0 radical (unpaired) electrons. The van der Waals surface area contributed by atoms with Crippen molar-refractivity contribution in [2.24, 2.45) is 0 Å². The summed E-state index contributed by atoms with van der Waals surface area (Å²) in [5.41, 5.74) is 1.48. The minimum Gasteiger partial charge on any atom is -0.440 e. The third-order valence-electron chi connectivity index (χ3n) is 3.12. The first-order valence-corrected chi connectivity index (χ1v) is 9.76. The summed E-state index contributed by atoms with van der Waals surface area (Å²) in [6, 6.07) is 8.57. The molecule has 0 bridgehead atoms. The number of halogens is 1. The van der Waals surface area contributed by atoms with Gasteiger partial charge in [-0.15, -0.1) is 11.3 Å². The van der Waals surface area contributed by atoms with Gasteiger partial charge >= 0.3 is 0 Å². The van der Waals surface area contributed by atoms with Gasteiger partial charge in [0.05, 0.1) is 11.1 Å². The Morgan fingerprint density at radius 3 is 2.65 bits per heavy atom. The van der Waals surface area contributed by atoms with E-state index >= 15 is 0 Å². The van der Waals surface area contributed by atoms with Crippen LogP contribution in [0.5, 0.6) is 0 Å². The summed E-state index contributed by atoms with van der Waals surface area (Å²) in [4.78, 5) is 4.74. The Morgan fingerprint density at radius 1 is 1.22 bits per heavy atom. The Labute approximate surface area is 146 Å². The molecule has 2 aromatic heterocycles. The predicted molar refractivity (Wildman–Crippen MR) is 94.2 cm³/mol. The molecule has 0 saturated carbocycles. The van der Waals surface area contributed by atoms with Crippen molar-refractivity contribution in [1.82, 2.24) is 4.98 Å². The summed E-state index contributed by atoms with van der Waals surface area (Å²) in [7, 11) is -3.63. The Bertz CT molecular complexity index is 961. The number of rotatable bonds is 4. The Morgan fingerprint density at radius 2 is 2.00 bits per heavy atom. The van der Waals surface area contributed by atoms with Crippen LogP contribution in [0.2, 0.25) is 0 Å². The second kappa shape index (κ2) is 6.10. The molecule has 5 nitrogen and oxygen atoms in total. The molecule has 0 atom stereocenters. The maximum atomic E-state index is 12.5. The number of nitrogens with one attached hydrogen (secondary N) is 1. The zero-order valence-corrected chi connectivity index (χ0v) is 15.5. The van der Waals surface area contributed by atoms with Gasteiger partial charge < -0.3 is 4.42 Å². The zero-order valence-electron chi connectivity index (χ0n) is 12.3. The molecule has 120 valence electrons. The van der Waals surface area contributed by atoms with E-state index < -0.39 is 10.0 Å². The van der Waals surface area contributed by atoms with Gasteiger partial charge in [0, 0.05) is 17.1 Å². The van der Waals surface area contributed by atoms with Gasteiger partial charge in [0.15, 0.2) is 11.7 Å². The average molecular weight is 413 g/mol. The van der Waals surface area contributed by atoms with Crippen LogP contribution >= 0.6 is 27.3 Å². The predicted octanol–water partition coefficient (Wildman–Crippen LogP) is 4.58. The molecule has 0 aliphatic rings. The monoisotopic (exact) mass is 412 g/mol. The fourth-order valence-electron chi connectivity index (χ4n) is 1.99. The van der Waals surface area contributed by atoms with E-state index in [9.17, 15) is 8.42 Å². The molecule has 0 amide bonds. The van der Waals surface area contributed by atoms with Crippen molar-refractivity contribution in [2.45, 2.75) is 18.1 Å². The molecule has 0 aliphatic carbocycles.